The summed E-state index contributed by atoms with van der Waals surface area (Å²) in [5.41, 5.74) is 9.25. The Morgan fingerprint density at radius 3 is 2.50 bits per heavy atom. The molecule has 2 rings (SSSR count). The quantitative estimate of drug-likeness (QED) is 0.848. The van der Waals surface area contributed by atoms with Gasteiger partial charge in [-0.05, 0) is 12.5 Å². The van der Waals surface area contributed by atoms with Crippen LogP contribution in [0.3, 0.4) is 0 Å². The Hall–Kier alpha value is -1.61. The summed E-state index contributed by atoms with van der Waals surface area (Å²) in [5, 5.41) is 0. The molecule has 0 bridgehead atoms. The van der Waals surface area contributed by atoms with Gasteiger partial charge in [-0.3, -0.25) is 0 Å². The molecule has 0 fully saturated rings. The van der Waals surface area contributed by atoms with Gasteiger partial charge in [-0.15, -0.1) is 0 Å². The average Bonchev–Trinajstić information content (AvgIpc) is 2.58. The first-order valence-corrected chi connectivity index (χ1v) is 5.47. The van der Waals surface area contributed by atoms with Crippen molar-refractivity contribution in [2.24, 2.45) is 12.8 Å². The van der Waals surface area contributed by atoms with Gasteiger partial charge in [0, 0.05) is 19.2 Å². The number of rotatable bonds is 3. The molecule has 0 spiro atoms. The number of nitrogens with two attached hydrogens (primary N) is 1. The van der Waals surface area contributed by atoms with Crippen LogP contribution in [0, 0.1) is 6.92 Å². The molecule has 2 aromatic rings. The summed E-state index contributed by atoms with van der Waals surface area (Å²) in [6.45, 7) is 2.58. The molecule has 3 heteroatoms. The lowest BCUT2D eigenvalue weighted by Gasteiger charge is -2.01. The fourth-order valence-electron chi connectivity index (χ4n) is 1.84. The molecule has 3 nitrogen and oxygen atoms in total. The first-order valence-electron chi connectivity index (χ1n) is 5.47. The summed E-state index contributed by atoms with van der Waals surface area (Å²) >= 11 is 0. The largest absolute Gasteiger partial charge is 0.334 e. The molecule has 0 aliphatic carbocycles. The molecule has 0 radical (unpaired) electrons. The van der Waals surface area contributed by atoms with Gasteiger partial charge in [-0.25, -0.2) is 4.98 Å². The van der Waals surface area contributed by atoms with Crippen LogP contribution < -0.4 is 5.73 Å². The van der Waals surface area contributed by atoms with E-state index in [0.29, 0.717) is 6.54 Å². The van der Waals surface area contributed by atoms with Crippen molar-refractivity contribution in [3.63, 3.8) is 0 Å². The highest BCUT2D eigenvalue weighted by atomic mass is 15.1. The maximum Gasteiger partial charge on any atom is 0.122 e. The van der Waals surface area contributed by atoms with E-state index in [9.17, 15) is 0 Å². The third kappa shape index (κ3) is 1.99. The molecule has 0 saturated heterocycles. The molecule has 0 amide bonds. The third-order valence-corrected chi connectivity index (χ3v) is 2.97. The molecule has 1 aromatic carbocycles. The Bertz CT molecular complexity index is 471. The van der Waals surface area contributed by atoms with E-state index in [4.69, 9.17) is 5.73 Å². The van der Waals surface area contributed by atoms with E-state index < -0.39 is 0 Å². The fourth-order valence-corrected chi connectivity index (χ4v) is 1.84. The minimum absolute atomic E-state index is 0.492. The molecule has 0 aliphatic rings. The second kappa shape index (κ2) is 4.49. The minimum Gasteiger partial charge on any atom is -0.334 e. The second-order valence-corrected chi connectivity index (χ2v) is 3.99. The van der Waals surface area contributed by atoms with Crippen LogP contribution in [-0.4, -0.2) is 9.55 Å². The Labute approximate surface area is 95.9 Å². The van der Waals surface area contributed by atoms with Crippen LogP contribution in [0.15, 0.2) is 30.3 Å². The van der Waals surface area contributed by atoms with Gasteiger partial charge in [-0.1, -0.05) is 30.3 Å². The predicted octanol–water partition coefficient (Wildman–Crippen LogP) is 1.78. The van der Waals surface area contributed by atoms with Gasteiger partial charge in [0.2, 0.25) is 0 Å². The maximum absolute atomic E-state index is 5.64. The molecule has 0 atom stereocenters. The molecule has 1 heterocycles. The summed E-state index contributed by atoms with van der Waals surface area (Å²) in [4.78, 5) is 4.56. The van der Waals surface area contributed by atoms with Crippen molar-refractivity contribution < 1.29 is 0 Å². The summed E-state index contributed by atoms with van der Waals surface area (Å²) in [6, 6.07) is 10.4. The van der Waals surface area contributed by atoms with Gasteiger partial charge in [0.1, 0.15) is 5.82 Å². The highest BCUT2D eigenvalue weighted by molar-refractivity contribution is 5.25. The third-order valence-electron chi connectivity index (χ3n) is 2.97. The molecule has 0 saturated carbocycles. The molecule has 2 N–H and O–H groups in total. The van der Waals surface area contributed by atoms with Crippen LogP contribution in [0.5, 0.6) is 0 Å². The van der Waals surface area contributed by atoms with Crippen LogP contribution in [0.4, 0.5) is 0 Å². The molecule has 0 unspecified atom stereocenters. The van der Waals surface area contributed by atoms with Crippen molar-refractivity contribution in [1.29, 1.82) is 0 Å². The van der Waals surface area contributed by atoms with Gasteiger partial charge in [0.25, 0.3) is 0 Å². The van der Waals surface area contributed by atoms with Crippen molar-refractivity contribution >= 4 is 0 Å². The van der Waals surface area contributed by atoms with Crippen LogP contribution in [0.2, 0.25) is 0 Å². The van der Waals surface area contributed by atoms with Crippen LogP contribution in [0.25, 0.3) is 0 Å². The first-order chi connectivity index (χ1) is 7.72. The fraction of sp³-hybridized carbons (Fsp3) is 0.308. The monoisotopic (exact) mass is 215 g/mol. The smallest absolute Gasteiger partial charge is 0.122 e. The van der Waals surface area contributed by atoms with Crippen molar-refractivity contribution in [2.45, 2.75) is 19.9 Å². The Balaban J connectivity index is 2.29. The van der Waals surface area contributed by atoms with Gasteiger partial charge >= 0.3 is 0 Å². The summed E-state index contributed by atoms with van der Waals surface area (Å²) in [6.07, 6.45) is 0.876. The number of benzene rings is 1. The van der Waals surface area contributed by atoms with Crippen molar-refractivity contribution in [2.75, 3.05) is 0 Å². The Morgan fingerprint density at radius 1 is 1.25 bits per heavy atom. The average molecular weight is 215 g/mol. The van der Waals surface area contributed by atoms with Crippen LogP contribution >= 0.6 is 0 Å². The number of aromatic nitrogens is 2. The maximum atomic E-state index is 5.64. The SMILES string of the molecule is Cc1c(Cc2ccccc2)nc(CN)n1C. The zero-order valence-electron chi connectivity index (χ0n) is 9.77. The normalized spacial score (nSPS) is 10.7. The van der Waals surface area contributed by atoms with Gasteiger partial charge < -0.3 is 10.3 Å². The molecule has 0 aliphatic heterocycles. The van der Waals surface area contributed by atoms with Crippen molar-refractivity contribution in [3.8, 4) is 0 Å². The molecule has 84 valence electrons. The minimum atomic E-state index is 0.492. The van der Waals surface area contributed by atoms with E-state index in [2.05, 4.69) is 40.7 Å². The highest BCUT2D eigenvalue weighted by Gasteiger charge is 2.09. The summed E-state index contributed by atoms with van der Waals surface area (Å²) in [5.74, 6) is 0.948. The Morgan fingerprint density at radius 2 is 1.94 bits per heavy atom. The van der Waals surface area contributed by atoms with E-state index in [1.165, 1.54) is 11.3 Å². The lowest BCUT2D eigenvalue weighted by atomic mass is 10.1. The summed E-state index contributed by atoms with van der Waals surface area (Å²) in [7, 11) is 2.01. The number of imidazole rings is 1. The second-order valence-electron chi connectivity index (χ2n) is 3.99. The van der Waals surface area contributed by atoms with Gasteiger partial charge in [-0.2, -0.15) is 0 Å². The summed E-state index contributed by atoms with van der Waals surface area (Å²) < 4.78 is 2.07. The predicted molar refractivity (Wildman–Crippen MR) is 65.1 cm³/mol. The molecule has 16 heavy (non-hydrogen) atoms. The zero-order chi connectivity index (χ0) is 11.5. The van der Waals surface area contributed by atoms with E-state index in [0.717, 1.165) is 17.9 Å². The first kappa shape index (κ1) is 10.9. The topological polar surface area (TPSA) is 43.8 Å². The van der Waals surface area contributed by atoms with E-state index in [1.807, 2.05) is 13.1 Å². The van der Waals surface area contributed by atoms with Crippen molar-refractivity contribution in [1.82, 2.24) is 9.55 Å². The Kier molecular flexibility index (Phi) is 3.06. The van der Waals surface area contributed by atoms with Crippen molar-refractivity contribution in [3.05, 3.63) is 53.1 Å². The van der Waals surface area contributed by atoms with Gasteiger partial charge in [0.05, 0.1) is 12.2 Å². The molecular formula is C13H17N3. The van der Waals surface area contributed by atoms with E-state index in [1.54, 1.807) is 0 Å². The highest BCUT2D eigenvalue weighted by Crippen LogP contribution is 2.13. The van der Waals surface area contributed by atoms with Gasteiger partial charge in [0.15, 0.2) is 0 Å². The van der Waals surface area contributed by atoms with E-state index >= 15 is 0 Å². The van der Waals surface area contributed by atoms with Crippen LogP contribution in [-0.2, 0) is 20.0 Å². The lowest BCUT2D eigenvalue weighted by Crippen LogP contribution is -2.05. The lowest BCUT2D eigenvalue weighted by molar-refractivity contribution is 0.774. The van der Waals surface area contributed by atoms with Crippen LogP contribution in [0.1, 0.15) is 22.8 Å². The number of nitrogens with zero attached hydrogens (tertiary/aromatic N) is 2. The zero-order valence-corrected chi connectivity index (χ0v) is 9.77. The number of hydrogen-bond acceptors (Lipinski definition) is 2. The standard InChI is InChI=1S/C13H17N3/c1-10-12(15-13(9-14)16(10)2)8-11-6-4-3-5-7-11/h3-7H,8-9,14H2,1-2H3. The molecule has 1 aromatic heterocycles. The molecular weight excluding hydrogens is 198 g/mol. The number of hydrogen-bond donors (Lipinski definition) is 1. The van der Waals surface area contributed by atoms with E-state index in [-0.39, 0.29) is 0 Å².